The summed E-state index contributed by atoms with van der Waals surface area (Å²) in [4.78, 5) is 28.2. The summed E-state index contributed by atoms with van der Waals surface area (Å²) in [6, 6.07) is 3.79. The quantitative estimate of drug-likeness (QED) is 0.509. The highest BCUT2D eigenvalue weighted by Crippen LogP contribution is 2.30. The summed E-state index contributed by atoms with van der Waals surface area (Å²) < 4.78 is 0. The van der Waals surface area contributed by atoms with Gasteiger partial charge in [0.2, 0.25) is 0 Å². The number of carbonyl (C=O) groups is 1. The van der Waals surface area contributed by atoms with Crippen LogP contribution in [0.3, 0.4) is 0 Å². The Morgan fingerprint density at radius 3 is 2.83 bits per heavy atom. The van der Waals surface area contributed by atoms with Crippen molar-refractivity contribution in [2.45, 2.75) is 32.1 Å². The van der Waals surface area contributed by atoms with Gasteiger partial charge < -0.3 is 0 Å². The summed E-state index contributed by atoms with van der Waals surface area (Å²) in [7, 11) is 0. The van der Waals surface area contributed by atoms with Gasteiger partial charge in [0.25, 0.3) is 11.6 Å². The van der Waals surface area contributed by atoms with Gasteiger partial charge in [0.1, 0.15) is 0 Å². The molecule has 120 valence electrons. The van der Waals surface area contributed by atoms with Gasteiger partial charge in [0.05, 0.1) is 21.2 Å². The number of rotatable bonds is 3. The predicted octanol–water partition coefficient (Wildman–Crippen LogP) is 4.23. The Labute approximate surface area is 141 Å². The molecule has 0 atom stereocenters. The fraction of sp³-hybridized carbons (Fsp3) is 0.333. The van der Waals surface area contributed by atoms with E-state index in [2.05, 4.69) is 10.3 Å². The van der Waals surface area contributed by atoms with Gasteiger partial charge in [-0.15, -0.1) is 11.3 Å². The first kappa shape index (κ1) is 15.9. The first-order chi connectivity index (χ1) is 11.0. The molecule has 23 heavy (non-hydrogen) atoms. The third-order valence-corrected chi connectivity index (χ3v) is 5.11. The number of nitro benzene ring substituents is 1. The zero-order chi connectivity index (χ0) is 16.4. The standard InChI is InChI=1S/C15H14ClN3O3S/c16-11-8-9(19(21)22)6-7-10(11)14(20)18-15-17-12-4-2-1-3-5-13(12)23-15/h6-8H,1-5H2,(H,17,18,20). The van der Waals surface area contributed by atoms with E-state index in [0.29, 0.717) is 5.13 Å². The zero-order valence-corrected chi connectivity index (χ0v) is 13.7. The topological polar surface area (TPSA) is 85.1 Å². The minimum absolute atomic E-state index is 0.0508. The monoisotopic (exact) mass is 351 g/mol. The summed E-state index contributed by atoms with van der Waals surface area (Å²) in [5.41, 5.74) is 1.12. The van der Waals surface area contributed by atoms with Gasteiger partial charge in [-0.1, -0.05) is 18.0 Å². The molecule has 0 spiro atoms. The van der Waals surface area contributed by atoms with E-state index < -0.39 is 10.8 Å². The van der Waals surface area contributed by atoms with Gasteiger partial charge in [-0.05, 0) is 31.7 Å². The van der Waals surface area contributed by atoms with Crippen LogP contribution in [0.15, 0.2) is 18.2 Å². The Morgan fingerprint density at radius 1 is 1.30 bits per heavy atom. The van der Waals surface area contributed by atoms with Gasteiger partial charge in [-0.3, -0.25) is 20.2 Å². The van der Waals surface area contributed by atoms with Crippen LogP contribution in [-0.4, -0.2) is 15.8 Å². The van der Waals surface area contributed by atoms with Crippen LogP contribution in [0, 0.1) is 10.1 Å². The number of benzene rings is 1. The van der Waals surface area contributed by atoms with Gasteiger partial charge in [-0.2, -0.15) is 0 Å². The normalized spacial score (nSPS) is 14.0. The number of nitrogens with one attached hydrogen (secondary N) is 1. The first-order valence-electron chi connectivity index (χ1n) is 7.28. The van der Waals surface area contributed by atoms with Crippen molar-refractivity contribution in [3.05, 3.63) is 49.5 Å². The molecule has 0 saturated heterocycles. The number of aromatic nitrogens is 1. The van der Waals surface area contributed by atoms with Crippen molar-refractivity contribution in [2.75, 3.05) is 5.32 Å². The Bertz CT molecular complexity index is 752. The fourth-order valence-corrected chi connectivity index (χ4v) is 3.85. The number of nitro groups is 1. The lowest BCUT2D eigenvalue weighted by Crippen LogP contribution is -2.12. The molecule has 1 heterocycles. The molecule has 0 unspecified atom stereocenters. The molecule has 1 aromatic heterocycles. The second-order valence-electron chi connectivity index (χ2n) is 5.32. The molecule has 6 nitrogen and oxygen atoms in total. The molecule has 1 aliphatic rings. The summed E-state index contributed by atoms with van der Waals surface area (Å²) in [6.07, 6.45) is 5.43. The highest BCUT2D eigenvalue weighted by atomic mass is 35.5. The minimum Gasteiger partial charge on any atom is -0.298 e. The van der Waals surface area contributed by atoms with E-state index in [-0.39, 0.29) is 16.3 Å². The molecular weight excluding hydrogens is 338 g/mol. The van der Waals surface area contributed by atoms with Gasteiger partial charge in [0, 0.05) is 17.0 Å². The van der Waals surface area contributed by atoms with Crippen molar-refractivity contribution in [3.8, 4) is 0 Å². The molecule has 8 heteroatoms. The van der Waals surface area contributed by atoms with Crippen LogP contribution in [0.5, 0.6) is 0 Å². The average molecular weight is 352 g/mol. The SMILES string of the molecule is O=C(Nc1nc2c(s1)CCCCC2)c1ccc([N+](=O)[O-])cc1Cl. The number of carbonyl (C=O) groups excluding carboxylic acids is 1. The van der Waals surface area contributed by atoms with Crippen LogP contribution in [0.4, 0.5) is 10.8 Å². The van der Waals surface area contributed by atoms with Crippen LogP contribution in [0.25, 0.3) is 0 Å². The molecule has 0 aliphatic heterocycles. The number of halogens is 1. The maximum atomic E-state index is 12.3. The van der Waals surface area contributed by atoms with Gasteiger partial charge in [-0.25, -0.2) is 4.98 Å². The number of hydrogen-bond acceptors (Lipinski definition) is 5. The number of thiazole rings is 1. The third-order valence-electron chi connectivity index (χ3n) is 3.72. The largest absolute Gasteiger partial charge is 0.298 e. The number of aryl methyl sites for hydroxylation is 2. The molecule has 1 N–H and O–H groups in total. The van der Waals surface area contributed by atoms with Crippen molar-refractivity contribution in [2.24, 2.45) is 0 Å². The summed E-state index contributed by atoms with van der Waals surface area (Å²) >= 11 is 7.47. The molecule has 1 aliphatic carbocycles. The second kappa shape index (κ2) is 6.64. The smallest absolute Gasteiger partial charge is 0.270 e. The summed E-state index contributed by atoms with van der Waals surface area (Å²) in [5.74, 6) is -0.409. The molecule has 0 saturated carbocycles. The van der Waals surface area contributed by atoms with Crippen LogP contribution in [-0.2, 0) is 12.8 Å². The van der Waals surface area contributed by atoms with Gasteiger partial charge in [0.15, 0.2) is 5.13 Å². The predicted molar refractivity (Wildman–Crippen MR) is 89.4 cm³/mol. The van der Waals surface area contributed by atoms with E-state index in [4.69, 9.17) is 11.6 Å². The minimum atomic E-state index is -0.550. The maximum Gasteiger partial charge on any atom is 0.270 e. The number of amides is 1. The molecule has 0 radical (unpaired) electrons. The summed E-state index contributed by atoms with van der Waals surface area (Å²) in [6.45, 7) is 0. The highest BCUT2D eigenvalue weighted by Gasteiger charge is 2.18. The highest BCUT2D eigenvalue weighted by molar-refractivity contribution is 7.15. The van der Waals surface area contributed by atoms with E-state index in [0.717, 1.165) is 31.4 Å². The Morgan fingerprint density at radius 2 is 2.09 bits per heavy atom. The van der Waals surface area contributed by atoms with E-state index in [1.54, 1.807) is 0 Å². The molecular formula is C15H14ClN3O3S. The van der Waals surface area contributed by atoms with Crippen molar-refractivity contribution in [1.82, 2.24) is 4.98 Å². The lowest BCUT2D eigenvalue weighted by molar-refractivity contribution is -0.384. The van der Waals surface area contributed by atoms with E-state index in [1.165, 1.54) is 40.8 Å². The summed E-state index contributed by atoms with van der Waals surface area (Å²) in [5, 5.41) is 14.0. The lowest BCUT2D eigenvalue weighted by Gasteiger charge is -2.04. The van der Waals surface area contributed by atoms with Gasteiger partial charge >= 0.3 is 0 Å². The molecule has 0 bridgehead atoms. The Balaban J connectivity index is 1.78. The van der Waals surface area contributed by atoms with Crippen molar-refractivity contribution < 1.29 is 9.72 Å². The fourth-order valence-electron chi connectivity index (χ4n) is 2.55. The number of anilines is 1. The van der Waals surface area contributed by atoms with E-state index >= 15 is 0 Å². The van der Waals surface area contributed by atoms with Crippen LogP contribution >= 0.6 is 22.9 Å². The number of hydrogen-bond donors (Lipinski definition) is 1. The number of non-ortho nitro benzene ring substituents is 1. The van der Waals surface area contributed by atoms with Crippen molar-refractivity contribution in [1.29, 1.82) is 0 Å². The Hall–Kier alpha value is -1.99. The van der Waals surface area contributed by atoms with Crippen molar-refractivity contribution in [3.63, 3.8) is 0 Å². The zero-order valence-electron chi connectivity index (χ0n) is 12.2. The van der Waals surface area contributed by atoms with E-state index in [1.807, 2.05) is 0 Å². The van der Waals surface area contributed by atoms with Crippen molar-refractivity contribution >= 4 is 39.7 Å². The van der Waals surface area contributed by atoms with E-state index in [9.17, 15) is 14.9 Å². The molecule has 3 rings (SSSR count). The third kappa shape index (κ3) is 3.51. The molecule has 0 fully saturated rings. The van der Waals surface area contributed by atoms with Crippen LogP contribution in [0.2, 0.25) is 5.02 Å². The number of fused-ring (bicyclic) bond motifs is 1. The maximum absolute atomic E-state index is 12.3. The first-order valence-corrected chi connectivity index (χ1v) is 8.48. The number of nitrogens with zero attached hydrogens (tertiary/aromatic N) is 2. The molecule has 1 aromatic carbocycles. The average Bonchev–Trinajstić information content (AvgIpc) is 2.75. The lowest BCUT2D eigenvalue weighted by atomic mass is 10.2. The van der Waals surface area contributed by atoms with Crippen LogP contribution in [0.1, 0.15) is 40.2 Å². The second-order valence-corrected chi connectivity index (χ2v) is 6.82. The molecule has 1 amide bonds. The van der Waals surface area contributed by atoms with Crippen LogP contribution < -0.4 is 5.32 Å². The molecule has 2 aromatic rings. The Kier molecular flexibility index (Phi) is 4.58.